The van der Waals surface area contributed by atoms with Gasteiger partial charge in [-0.15, -0.1) is 0 Å². The molecular weight excluding hydrogens is 210 g/mol. The highest BCUT2D eigenvalue weighted by atomic mass is 16.5. The number of benzene rings is 1. The van der Waals surface area contributed by atoms with Crippen LogP contribution in [0.4, 0.5) is 0 Å². The Balaban J connectivity index is 2.59. The van der Waals surface area contributed by atoms with Crippen molar-refractivity contribution in [3.63, 3.8) is 0 Å². The van der Waals surface area contributed by atoms with Gasteiger partial charge in [0.25, 0.3) is 0 Å². The maximum absolute atomic E-state index is 5.15. The molecule has 0 heterocycles. The molecule has 0 radical (unpaired) electrons. The van der Waals surface area contributed by atoms with Crippen LogP contribution in [0.3, 0.4) is 0 Å². The molecule has 2 heteroatoms. The van der Waals surface area contributed by atoms with Crippen molar-refractivity contribution in [1.29, 1.82) is 0 Å². The quantitative estimate of drug-likeness (QED) is 0.781. The van der Waals surface area contributed by atoms with Crippen molar-refractivity contribution in [2.45, 2.75) is 52.3 Å². The Kier molecular flexibility index (Phi) is 5.66. The third-order valence-corrected chi connectivity index (χ3v) is 3.58. The van der Waals surface area contributed by atoms with E-state index in [2.05, 4.69) is 50.4 Å². The van der Waals surface area contributed by atoms with Crippen molar-refractivity contribution in [1.82, 2.24) is 5.32 Å². The van der Waals surface area contributed by atoms with E-state index in [1.165, 1.54) is 11.1 Å². The summed E-state index contributed by atoms with van der Waals surface area (Å²) in [7, 11) is 1.73. The molecular formula is C15H25NO. The fourth-order valence-corrected chi connectivity index (χ4v) is 1.81. The third kappa shape index (κ3) is 4.49. The molecule has 0 unspecified atom stereocenters. The SMILES string of the molecule is CCC(C)(CC)NCc1cccc(COC)c1. The Bertz CT molecular complexity index is 331. The molecule has 17 heavy (non-hydrogen) atoms. The van der Waals surface area contributed by atoms with Crippen LogP contribution in [0.15, 0.2) is 24.3 Å². The Morgan fingerprint density at radius 2 is 1.82 bits per heavy atom. The van der Waals surface area contributed by atoms with Gasteiger partial charge in [0.1, 0.15) is 0 Å². The van der Waals surface area contributed by atoms with E-state index in [1.54, 1.807) is 7.11 Å². The first-order valence-electron chi connectivity index (χ1n) is 6.45. The normalized spacial score (nSPS) is 11.8. The van der Waals surface area contributed by atoms with E-state index in [1.807, 2.05) is 0 Å². The summed E-state index contributed by atoms with van der Waals surface area (Å²) < 4.78 is 5.15. The first-order valence-corrected chi connectivity index (χ1v) is 6.45. The first-order chi connectivity index (χ1) is 8.13. The van der Waals surface area contributed by atoms with Crippen LogP contribution in [-0.4, -0.2) is 12.6 Å². The summed E-state index contributed by atoms with van der Waals surface area (Å²) in [6.07, 6.45) is 2.31. The summed E-state index contributed by atoms with van der Waals surface area (Å²) in [6.45, 7) is 8.37. The van der Waals surface area contributed by atoms with E-state index in [4.69, 9.17) is 4.74 Å². The average Bonchev–Trinajstić information content (AvgIpc) is 2.37. The predicted molar refractivity (Wildman–Crippen MR) is 73.0 cm³/mol. The highest BCUT2D eigenvalue weighted by molar-refractivity contribution is 5.23. The fourth-order valence-electron chi connectivity index (χ4n) is 1.81. The highest BCUT2D eigenvalue weighted by Crippen LogP contribution is 2.15. The molecule has 2 nitrogen and oxygen atoms in total. The largest absolute Gasteiger partial charge is 0.380 e. The lowest BCUT2D eigenvalue weighted by Gasteiger charge is -2.28. The first kappa shape index (κ1) is 14.2. The Labute approximate surface area is 105 Å². The summed E-state index contributed by atoms with van der Waals surface area (Å²) in [5.41, 5.74) is 2.81. The molecule has 1 rings (SSSR count). The second-order valence-electron chi connectivity index (χ2n) is 4.87. The zero-order valence-corrected chi connectivity index (χ0v) is 11.5. The minimum absolute atomic E-state index is 0.247. The number of hydrogen-bond acceptors (Lipinski definition) is 2. The number of nitrogens with one attached hydrogen (secondary N) is 1. The van der Waals surface area contributed by atoms with Crippen molar-refractivity contribution >= 4 is 0 Å². The van der Waals surface area contributed by atoms with Crippen LogP contribution in [0.5, 0.6) is 0 Å². The molecule has 0 amide bonds. The topological polar surface area (TPSA) is 21.3 Å². The standard InChI is InChI=1S/C15H25NO/c1-5-15(3,6-2)16-11-13-8-7-9-14(10-13)12-17-4/h7-10,16H,5-6,11-12H2,1-4H3. The lowest BCUT2D eigenvalue weighted by molar-refractivity contribution is 0.185. The summed E-state index contributed by atoms with van der Waals surface area (Å²) >= 11 is 0. The molecule has 0 saturated carbocycles. The van der Waals surface area contributed by atoms with Gasteiger partial charge in [0.05, 0.1) is 6.61 Å². The number of hydrogen-bond donors (Lipinski definition) is 1. The fraction of sp³-hybridized carbons (Fsp3) is 0.600. The number of rotatable bonds is 7. The average molecular weight is 235 g/mol. The van der Waals surface area contributed by atoms with Gasteiger partial charge in [-0.2, -0.15) is 0 Å². The van der Waals surface area contributed by atoms with Crippen LogP contribution in [0, 0.1) is 0 Å². The Morgan fingerprint density at radius 3 is 2.41 bits per heavy atom. The molecule has 0 aliphatic rings. The second kappa shape index (κ2) is 6.77. The molecule has 1 aromatic rings. The summed E-state index contributed by atoms with van der Waals surface area (Å²) in [5.74, 6) is 0. The van der Waals surface area contributed by atoms with Crippen molar-refractivity contribution in [2.24, 2.45) is 0 Å². The van der Waals surface area contributed by atoms with Gasteiger partial charge in [0, 0.05) is 19.2 Å². The van der Waals surface area contributed by atoms with Crippen molar-refractivity contribution in [2.75, 3.05) is 7.11 Å². The maximum atomic E-state index is 5.15. The minimum Gasteiger partial charge on any atom is -0.380 e. The molecule has 0 aromatic heterocycles. The van der Waals surface area contributed by atoms with Crippen molar-refractivity contribution in [3.8, 4) is 0 Å². The maximum Gasteiger partial charge on any atom is 0.0713 e. The lowest BCUT2D eigenvalue weighted by Crippen LogP contribution is -2.40. The summed E-state index contributed by atoms with van der Waals surface area (Å²) in [5, 5.41) is 3.64. The van der Waals surface area contributed by atoms with Gasteiger partial charge < -0.3 is 10.1 Å². The molecule has 96 valence electrons. The van der Waals surface area contributed by atoms with Gasteiger partial charge in [0.15, 0.2) is 0 Å². The van der Waals surface area contributed by atoms with Crippen LogP contribution in [-0.2, 0) is 17.9 Å². The van der Waals surface area contributed by atoms with E-state index >= 15 is 0 Å². The minimum atomic E-state index is 0.247. The van der Waals surface area contributed by atoms with Gasteiger partial charge in [-0.3, -0.25) is 0 Å². The van der Waals surface area contributed by atoms with Crippen LogP contribution >= 0.6 is 0 Å². The molecule has 0 saturated heterocycles. The second-order valence-corrected chi connectivity index (χ2v) is 4.87. The summed E-state index contributed by atoms with van der Waals surface area (Å²) in [4.78, 5) is 0. The van der Waals surface area contributed by atoms with E-state index in [0.717, 1.165) is 19.4 Å². The number of ether oxygens (including phenoxy) is 1. The lowest BCUT2D eigenvalue weighted by atomic mass is 9.95. The van der Waals surface area contributed by atoms with Crippen LogP contribution in [0.25, 0.3) is 0 Å². The molecule has 0 atom stereocenters. The van der Waals surface area contributed by atoms with Crippen LogP contribution in [0.1, 0.15) is 44.7 Å². The van der Waals surface area contributed by atoms with E-state index in [0.29, 0.717) is 6.61 Å². The monoisotopic (exact) mass is 235 g/mol. The molecule has 0 spiro atoms. The Morgan fingerprint density at radius 1 is 1.18 bits per heavy atom. The van der Waals surface area contributed by atoms with Crippen LogP contribution in [0.2, 0.25) is 0 Å². The predicted octanol–water partition coefficient (Wildman–Crippen LogP) is 3.50. The van der Waals surface area contributed by atoms with Crippen molar-refractivity contribution < 1.29 is 4.74 Å². The van der Waals surface area contributed by atoms with Gasteiger partial charge in [-0.1, -0.05) is 38.1 Å². The van der Waals surface area contributed by atoms with E-state index < -0.39 is 0 Å². The molecule has 1 N–H and O–H groups in total. The summed E-state index contributed by atoms with van der Waals surface area (Å²) in [6, 6.07) is 8.58. The number of methoxy groups -OCH3 is 1. The molecule has 1 aromatic carbocycles. The molecule has 0 aliphatic heterocycles. The zero-order valence-electron chi connectivity index (χ0n) is 11.5. The zero-order chi connectivity index (χ0) is 12.7. The van der Waals surface area contributed by atoms with Crippen LogP contribution < -0.4 is 5.32 Å². The molecule has 0 bridgehead atoms. The van der Waals surface area contributed by atoms with Gasteiger partial charge >= 0.3 is 0 Å². The van der Waals surface area contributed by atoms with Gasteiger partial charge in [-0.25, -0.2) is 0 Å². The smallest absolute Gasteiger partial charge is 0.0713 e. The van der Waals surface area contributed by atoms with Gasteiger partial charge in [0.2, 0.25) is 0 Å². The third-order valence-electron chi connectivity index (χ3n) is 3.58. The van der Waals surface area contributed by atoms with Crippen molar-refractivity contribution in [3.05, 3.63) is 35.4 Å². The van der Waals surface area contributed by atoms with E-state index in [-0.39, 0.29) is 5.54 Å². The van der Waals surface area contributed by atoms with E-state index in [9.17, 15) is 0 Å². The Hall–Kier alpha value is -0.860. The highest BCUT2D eigenvalue weighted by Gasteiger charge is 2.17. The van der Waals surface area contributed by atoms with Gasteiger partial charge in [-0.05, 0) is 30.9 Å². The molecule has 0 fully saturated rings. The molecule has 0 aliphatic carbocycles.